The van der Waals surface area contributed by atoms with Gasteiger partial charge in [0.05, 0.1) is 4.90 Å². The molecular weight excluding hydrogens is 318 g/mol. The monoisotopic (exact) mass is 341 g/mol. The predicted octanol–water partition coefficient (Wildman–Crippen LogP) is 1.13. The van der Waals surface area contributed by atoms with E-state index in [1.165, 1.54) is 13.0 Å². The number of sulfonamides is 1. The molecule has 0 aliphatic rings. The number of hydrogen-bond acceptors (Lipinski definition) is 4. The van der Waals surface area contributed by atoms with Crippen LogP contribution in [0.15, 0.2) is 23.1 Å². The number of nitrogens with two attached hydrogens (primary N) is 1. The van der Waals surface area contributed by atoms with Gasteiger partial charge in [0.25, 0.3) is 0 Å². The molecule has 4 N–H and O–H groups in total. The number of amides is 2. The number of anilines is 1. The molecule has 0 heterocycles. The largest absolute Gasteiger partial charge is 0.368 e. The second-order valence-electron chi connectivity index (χ2n) is 6.48. The predicted molar refractivity (Wildman–Crippen MR) is 88.2 cm³/mol. The second-order valence-corrected chi connectivity index (χ2v) is 8.17. The van der Waals surface area contributed by atoms with Crippen LogP contribution in [0.4, 0.5) is 5.69 Å². The smallest absolute Gasteiger partial charge is 0.241 e. The molecule has 0 bridgehead atoms. The molecule has 1 aromatic rings. The molecule has 0 fully saturated rings. The van der Waals surface area contributed by atoms with Crippen molar-refractivity contribution in [3.05, 3.63) is 23.8 Å². The average molecular weight is 341 g/mol. The first-order chi connectivity index (χ1) is 10.3. The third-order valence-corrected chi connectivity index (χ3v) is 4.79. The van der Waals surface area contributed by atoms with E-state index in [1.807, 2.05) is 0 Å². The second kappa shape index (κ2) is 6.67. The van der Waals surface area contributed by atoms with Crippen LogP contribution in [0, 0.1) is 12.3 Å². The fourth-order valence-electron chi connectivity index (χ4n) is 2.05. The van der Waals surface area contributed by atoms with Crippen LogP contribution in [0.5, 0.6) is 0 Å². The van der Waals surface area contributed by atoms with Crippen LogP contribution in [0.3, 0.4) is 0 Å². The summed E-state index contributed by atoms with van der Waals surface area (Å²) in [6.07, 6.45) is 0. The number of aryl methyl sites for hydroxylation is 1. The normalized spacial score (nSPS) is 13.4. The summed E-state index contributed by atoms with van der Waals surface area (Å²) in [5, 5.41) is 2.53. The van der Waals surface area contributed by atoms with Crippen molar-refractivity contribution in [3.63, 3.8) is 0 Å². The molecular formula is C15H23N3O4S. The van der Waals surface area contributed by atoms with E-state index in [-0.39, 0.29) is 10.8 Å². The Hall–Kier alpha value is -1.93. The summed E-state index contributed by atoms with van der Waals surface area (Å²) in [5.74, 6) is -1.06. The quantitative estimate of drug-likeness (QED) is 0.744. The molecule has 0 aromatic heterocycles. The SMILES string of the molecule is CC(=O)Nc1ccc(C)c(S(=O)(=O)N[C@@H](C(N)=O)C(C)(C)C)c1. The maximum Gasteiger partial charge on any atom is 0.241 e. The molecule has 0 radical (unpaired) electrons. The van der Waals surface area contributed by atoms with Gasteiger partial charge in [0.2, 0.25) is 21.8 Å². The van der Waals surface area contributed by atoms with Crippen LogP contribution in [-0.2, 0) is 19.6 Å². The molecule has 8 heteroatoms. The molecule has 0 unspecified atom stereocenters. The first kappa shape index (κ1) is 19.1. The molecule has 0 aliphatic carbocycles. The Morgan fingerprint density at radius 3 is 2.22 bits per heavy atom. The standard InChI is InChI=1S/C15H23N3O4S/c1-9-6-7-11(17-10(2)19)8-12(9)23(21,22)18-13(14(16)20)15(3,4)5/h6-8,13,18H,1-5H3,(H2,16,20)(H,17,19)/t13-/m0/s1. The van der Waals surface area contributed by atoms with Gasteiger partial charge in [-0.05, 0) is 30.0 Å². The minimum absolute atomic E-state index is 0.0146. The average Bonchev–Trinajstić information content (AvgIpc) is 2.36. The molecule has 0 saturated heterocycles. The van der Waals surface area contributed by atoms with E-state index in [1.54, 1.807) is 39.8 Å². The summed E-state index contributed by atoms with van der Waals surface area (Å²) in [6.45, 7) is 8.10. The van der Waals surface area contributed by atoms with Crippen molar-refractivity contribution in [2.24, 2.45) is 11.1 Å². The topological polar surface area (TPSA) is 118 Å². The number of nitrogens with one attached hydrogen (secondary N) is 2. The highest BCUT2D eigenvalue weighted by Crippen LogP contribution is 2.24. The lowest BCUT2D eigenvalue weighted by molar-refractivity contribution is -0.121. The molecule has 0 aliphatic heterocycles. The van der Waals surface area contributed by atoms with E-state index >= 15 is 0 Å². The van der Waals surface area contributed by atoms with Crippen LogP contribution in [0.25, 0.3) is 0 Å². The van der Waals surface area contributed by atoms with Gasteiger partial charge in [0.1, 0.15) is 6.04 Å². The van der Waals surface area contributed by atoms with Gasteiger partial charge in [-0.2, -0.15) is 4.72 Å². The minimum atomic E-state index is -3.98. The van der Waals surface area contributed by atoms with E-state index in [2.05, 4.69) is 10.0 Å². The molecule has 0 spiro atoms. The fourth-order valence-corrected chi connectivity index (χ4v) is 3.73. The van der Waals surface area contributed by atoms with Gasteiger partial charge in [0, 0.05) is 12.6 Å². The molecule has 1 atom stereocenters. The van der Waals surface area contributed by atoms with Crippen LogP contribution in [0.2, 0.25) is 0 Å². The number of primary amides is 1. The third-order valence-electron chi connectivity index (χ3n) is 3.22. The number of rotatable bonds is 5. The Morgan fingerprint density at radius 1 is 1.22 bits per heavy atom. The van der Waals surface area contributed by atoms with Crippen LogP contribution in [0.1, 0.15) is 33.3 Å². The van der Waals surface area contributed by atoms with Crippen molar-refractivity contribution in [2.75, 3.05) is 5.32 Å². The molecule has 2 amide bonds. The van der Waals surface area contributed by atoms with Crippen LogP contribution >= 0.6 is 0 Å². The molecule has 1 rings (SSSR count). The molecule has 128 valence electrons. The van der Waals surface area contributed by atoms with E-state index < -0.39 is 27.4 Å². The zero-order valence-corrected chi connectivity index (χ0v) is 14.7. The number of carbonyl (C=O) groups is 2. The van der Waals surface area contributed by atoms with Gasteiger partial charge in [0.15, 0.2) is 0 Å². The van der Waals surface area contributed by atoms with Gasteiger partial charge in [-0.15, -0.1) is 0 Å². The summed E-state index contributed by atoms with van der Waals surface area (Å²) in [7, 11) is -3.98. The summed E-state index contributed by atoms with van der Waals surface area (Å²) in [4.78, 5) is 22.7. The molecule has 7 nitrogen and oxygen atoms in total. The first-order valence-electron chi connectivity index (χ1n) is 7.04. The molecule has 0 saturated carbocycles. The van der Waals surface area contributed by atoms with Gasteiger partial charge in [-0.25, -0.2) is 8.42 Å². The minimum Gasteiger partial charge on any atom is -0.368 e. The van der Waals surface area contributed by atoms with Crippen molar-refractivity contribution >= 4 is 27.5 Å². The maximum absolute atomic E-state index is 12.6. The first-order valence-corrected chi connectivity index (χ1v) is 8.53. The van der Waals surface area contributed by atoms with E-state index in [0.29, 0.717) is 11.3 Å². The summed E-state index contributed by atoms with van der Waals surface area (Å²) < 4.78 is 27.6. The number of carbonyl (C=O) groups excluding carboxylic acids is 2. The maximum atomic E-state index is 12.6. The van der Waals surface area contributed by atoms with Crippen LogP contribution < -0.4 is 15.8 Å². The molecule has 1 aromatic carbocycles. The lowest BCUT2D eigenvalue weighted by Crippen LogP contribution is -2.51. The highest BCUT2D eigenvalue weighted by Gasteiger charge is 2.34. The number of hydrogen-bond donors (Lipinski definition) is 3. The molecule has 23 heavy (non-hydrogen) atoms. The third kappa shape index (κ3) is 5.04. The summed E-state index contributed by atoms with van der Waals surface area (Å²) >= 11 is 0. The highest BCUT2D eigenvalue weighted by molar-refractivity contribution is 7.89. The Kier molecular flexibility index (Phi) is 5.55. The lowest BCUT2D eigenvalue weighted by Gasteiger charge is -2.28. The Balaban J connectivity index is 3.27. The van der Waals surface area contributed by atoms with Crippen molar-refractivity contribution < 1.29 is 18.0 Å². The Labute approximate surface area is 136 Å². The Morgan fingerprint density at radius 2 is 1.78 bits per heavy atom. The lowest BCUT2D eigenvalue weighted by atomic mass is 9.87. The van der Waals surface area contributed by atoms with Crippen LogP contribution in [-0.4, -0.2) is 26.3 Å². The fraction of sp³-hybridized carbons (Fsp3) is 0.467. The highest BCUT2D eigenvalue weighted by atomic mass is 32.2. The van der Waals surface area contributed by atoms with Crippen molar-refractivity contribution in [1.82, 2.24) is 4.72 Å². The van der Waals surface area contributed by atoms with E-state index in [0.717, 1.165) is 0 Å². The van der Waals surface area contributed by atoms with Gasteiger partial charge < -0.3 is 11.1 Å². The zero-order chi connectivity index (χ0) is 18.0. The van der Waals surface area contributed by atoms with Crippen molar-refractivity contribution in [3.8, 4) is 0 Å². The van der Waals surface area contributed by atoms with E-state index in [4.69, 9.17) is 5.73 Å². The van der Waals surface area contributed by atoms with Crippen molar-refractivity contribution in [2.45, 2.75) is 45.6 Å². The number of benzene rings is 1. The van der Waals surface area contributed by atoms with E-state index in [9.17, 15) is 18.0 Å². The van der Waals surface area contributed by atoms with Gasteiger partial charge in [-0.1, -0.05) is 26.8 Å². The van der Waals surface area contributed by atoms with Crippen molar-refractivity contribution in [1.29, 1.82) is 0 Å². The zero-order valence-electron chi connectivity index (χ0n) is 13.9. The van der Waals surface area contributed by atoms with Gasteiger partial charge in [-0.3, -0.25) is 9.59 Å². The summed E-state index contributed by atoms with van der Waals surface area (Å²) in [6, 6.07) is 3.47. The van der Waals surface area contributed by atoms with Gasteiger partial charge >= 0.3 is 0 Å². The Bertz CT molecular complexity index is 721. The summed E-state index contributed by atoms with van der Waals surface area (Å²) in [5.41, 5.74) is 5.49.